The van der Waals surface area contributed by atoms with Crippen LogP contribution in [0.25, 0.3) is 0 Å². The van der Waals surface area contributed by atoms with Gasteiger partial charge in [0.25, 0.3) is 0 Å². The van der Waals surface area contributed by atoms with Crippen molar-refractivity contribution in [2.75, 3.05) is 13.1 Å². The molecule has 0 aliphatic rings. The lowest BCUT2D eigenvalue weighted by Crippen LogP contribution is -2.27. The van der Waals surface area contributed by atoms with Crippen molar-refractivity contribution in [2.24, 2.45) is 0 Å². The number of amides is 1. The molecule has 1 amide bonds. The molecule has 0 unspecified atom stereocenters. The van der Waals surface area contributed by atoms with Gasteiger partial charge in [-0.15, -0.1) is 0 Å². The molecule has 0 aromatic heterocycles. The number of hydrogen-bond acceptors (Lipinski definition) is 3. The molecule has 0 saturated carbocycles. The molecule has 1 aromatic carbocycles. The highest BCUT2D eigenvalue weighted by Crippen LogP contribution is 2.03. The Morgan fingerprint density at radius 1 is 1.11 bits per heavy atom. The van der Waals surface area contributed by atoms with E-state index in [1.165, 1.54) is 6.92 Å². The number of benzene rings is 1. The van der Waals surface area contributed by atoms with Gasteiger partial charge in [-0.1, -0.05) is 30.3 Å². The zero-order valence-corrected chi connectivity index (χ0v) is 11.9. The lowest BCUT2D eigenvalue weighted by atomic mass is 10.2. The molecule has 0 bridgehead atoms. The molecule has 0 radical (unpaired) electrons. The normalized spacial score (nSPS) is 11.2. The van der Waals surface area contributed by atoms with E-state index in [0.717, 1.165) is 12.0 Å². The van der Waals surface area contributed by atoms with Gasteiger partial charge < -0.3 is 5.32 Å². The number of unbranched alkanes of at least 4 members (excludes halogenated alkanes) is 1. The molecule has 6 heteroatoms. The number of nitrogens with one attached hydrogen (secondary N) is 2. The summed E-state index contributed by atoms with van der Waals surface area (Å²) in [4.78, 5) is 10.6. The van der Waals surface area contributed by atoms with E-state index >= 15 is 0 Å². The molecule has 106 valence electrons. The predicted octanol–water partition coefficient (Wildman–Crippen LogP) is 1.02. The SMILES string of the molecule is CC(=O)NCCCCNS(=O)(=O)Cc1ccccc1. The minimum atomic E-state index is -3.28. The van der Waals surface area contributed by atoms with Crippen molar-refractivity contribution in [3.8, 4) is 0 Å². The molecule has 0 fully saturated rings. The quantitative estimate of drug-likeness (QED) is 0.700. The van der Waals surface area contributed by atoms with Crippen LogP contribution in [0.3, 0.4) is 0 Å². The Morgan fingerprint density at radius 2 is 1.74 bits per heavy atom. The van der Waals surface area contributed by atoms with Crippen LogP contribution in [0.1, 0.15) is 25.3 Å². The summed E-state index contributed by atoms with van der Waals surface area (Å²) in [6.07, 6.45) is 1.46. The van der Waals surface area contributed by atoms with Crippen molar-refractivity contribution in [3.05, 3.63) is 35.9 Å². The summed E-state index contributed by atoms with van der Waals surface area (Å²) in [5, 5.41) is 2.67. The molecule has 0 atom stereocenters. The van der Waals surface area contributed by atoms with Crippen LogP contribution in [-0.4, -0.2) is 27.4 Å². The van der Waals surface area contributed by atoms with E-state index in [4.69, 9.17) is 0 Å². The van der Waals surface area contributed by atoms with Crippen LogP contribution in [0, 0.1) is 0 Å². The van der Waals surface area contributed by atoms with E-state index in [1.807, 2.05) is 18.2 Å². The average Bonchev–Trinajstić information content (AvgIpc) is 2.34. The molecule has 0 aliphatic heterocycles. The minimum absolute atomic E-state index is 0.000460. The van der Waals surface area contributed by atoms with E-state index in [9.17, 15) is 13.2 Å². The highest BCUT2D eigenvalue weighted by Gasteiger charge is 2.09. The van der Waals surface area contributed by atoms with Gasteiger partial charge in [0.1, 0.15) is 0 Å². The third-order valence-corrected chi connectivity index (χ3v) is 3.86. The maximum absolute atomic E-state index is 11.8. The Labute approximate surface area is 114 Å². The molecule has 5 nitrogen and oxygen atoms in total. The van der Waals surface area contributed by atoms with Gasteiger partial charge in [-0.05, 0) is 18.4 Å². The lowest BCUT2D eigenvalue weighted by Gasteiger charge is -2.07. The topological polar surface area (TPSA) is 75.3 Å². The maximum atomic E-state index is 11.8. The molecular formula is C13H20N2O3S. The molecule has 2 N–H and O–H groups in total. The summed E-state index contributed by atoms with van der Waals surface area (Å²) in [5.74, 6) is -0.0656. The van der Waals surface area contributed by atoms with Crippen molar-refractivity contribution >= 4 is 15.9 Å². The highest BCUT2D eigenvalue weighted by molar-refractivity contribution is 7.88. The van der Waals surface area contributed by atoms with E-state index in [2.05, 4.69) is 10.0 Å². The Bertz CT molecular complexity index is 486. The fourth-order valence-electron chi connectivity index (χ4n) is 1.59. The third-order valence-electron chi connectivity index (χ3n) is 2.50. The smallest absolute Gasteiger partial charge is 0.216 e. The lowest BCUT2D eigenvalue weighted by molar-refractivity contribution is -0.118. The molecule has 19 heavy (non-hydrogen) atoms. The van der Waals surface area contributed by atoms with Crippen LogP contribution < -0.4 is 10.0 Å². The second-order valence-corrected chi connectivity index (χ2v) is 6.14. The highest BCUT2D eigenvalue weighted by atomic mass is 32.2. The fraction of sp³-hybridized carbons (Fsp3) is 0.462. The zero-order valence-electron chi connectivity index (χ0n) is 11.1. The van der Waals surface area contributed by atoms with Gasteiger partial charge in [0, 0.05) is 20.0 Å². The van der Waals surface area contributed by atoms with Crippen molar-refractivity contribution in [1.82, 2.24) is 10.0 Å². The first-order valence-electron chi connectivity index (χ1n) is 6.25. The van der Waals surface area contributed by atoms with Gasteiger partial charge >= 0.3 is 0 Å². The van der Waals surface area contributed by atoms with Crippen molar-refractivity contribution < 1.29 is 13.2 Å². The van der Waals surface area contributed by atoms with Gasteiger partial charge in [0.05, 0.1) is 5.75 Å². The summed E-state index contributed by atoms with van der Waals surface area (Å²) >= 11 is 0. The van der Waals surface area contributed by atoms with Crippen LogP contribution in [0.2, 0.25) is 0 Å². The number of hydrogen-bond donors (Lipinski definition) is 2. The Balaban J connectivity index is 2.22. The Morgan fingerprint density at radius 3 is 2.37 bits per heavy atom. The molecule has 1 aromatic rings. The van der Waals surface area contributed by atoms with Gasteiger partial charge in [-0.3, -0.25) is 4.79 Å². The van der Waals surface area contributed by atoms with E-state index in [-0.39, 0.29) is 11.7 Å². The summed E-state index contributed by atoms with van der Waals surface area (Å²) in [7, 11) is -3.28. The number of carbonyl (C=O) groups excluding carboxylic acids is 1. The minimum Gasteiger partial charge on any atom is -0.356 e. The molecule has 0 saturated heterocycles. The molecule has 0 heterocycles. The fourth-order valence-corrected chi connectivity index (χ4v) is 2.78. The summed E-state index contributed by atoms with van der Waals surface area (Å²) in [5.41, 5.74) is 0.772. The van der Waals surface area contributed by atoms with Gasteiger partial charge in [-0.2, -0.15) is 0 Å². The third kappa shape index (κ3) is 7.58. The second-order valence-electron chi connectivity index (χ2n) is 4.33. The number of sulfonamides is 1. The van der Waals surface area contributed by atoms with Crippen molar-refractivity contribution in [3.63, 3.8) is 0 Å². The molecular weight excluding hydrogens is 264 g/mol. The monoisotopic (exact) mass is 284 g/mol. The van der Waals surface area contributed by atoms with E-state index in [1.54, 1.807) is 12.1 Å². The van der Waals surface area contributed by atoms with E-state index in [0.29, 0.717) is 19.5 Å². The molecule has 1 rings (SSSR count). The Hall–Kier alpha value is -1.40. The first-order valence-corrected chi connectivity index (χ1v) is 7.90. The van der Waals surface area contributed by atoms with Crippen LogP contribution in [0.15, 0.2) is 30.3 Å². The van der Waals surface area contributed by atoms with Gasteiger partial charge in [-0.25, -0.2) is 13.1 Å². The van der Waals surface area contributed by atoms with Crippen LogP contribution >= 0.6 is 0 Å². The average molecular weight is 284 g/mol. The zero-order chi connectivity index (χ0) is 14.1. The molecule has 0 spiro atoms. The first kappa shape index (κ1) is 15.7. The number of rotatable bonds is 8. The van der Waals surface area contributed by atoms with Crippen LogP contribution in [0.4, 0.5) is 0 Å². The predicted molar refractivity (Wildman–Crippen MR) is 75.0 cm³/mol. The Kier molecular flexibility index (Phi) is 6.52. The second kappa shape index (κ2) is 7.91. The van der Waals surface area contributed by atoms with Gasteiger partial charge in [0.2, 0.25) is 15.9 Å². The van der Waals surface area contributed by atoms with Crippen LogP contribution in [-0.2, 0) is 20.6 Å². The number of carbonyl (C=O) groups is 1. The standard InChI is InChI=1S/C13H20N2O3S/c1-12(16)14-9-5-6-10-15-19(17,18)11-13-7-3-2-4-8-13/h2-4,7-8,15H,5-6,9-11H2,1H3,(H,14,16). The van der Waals surface area contributed by atoms with E-state index < -0.39 is 10.0 Å². The summed E-state index contributed by atoms with van der Waals surface area (Å²) < 4.78 is 26.1. The van der Waals surface area contributed by atoms with Crippen molar-refractivity contribution in [1.29, 1.82) is 0 Å². The molecule has 0 aliphatic carbocycles. The van der Waals surface area contributed by atoms with Gasteiger partial charge in [0.15, 0.2) is 0 Å². The maximum Gasteiger partial charge on any atom is 0.216 e. The summed E-state index contributed by atoms with van der Waals surface area (Å²) in [6, 6.07) is 9.06. The van der Waals surface area contributed by atoms with Crippen molar-refractivity contribution in [2.45, 2.75) is 25.5 Å². The largest absolute Gasteiger partial charge is 0.356 e. The summed E-state index contributed by atoms with van der Waals surface area (Å²) in [6.45, 7) is 2.44. The first-order chi connectivity index (χ1) is 8.99. The van der Waals surface area contributed by atoms with Crippen LogP contribution in [0.5, 0.6) is 0 Å².